The van der Waals surface area contributed by atoms with E-state index in [0.29, 0.717) is 12.5 Å². The van der Waals surface area contributed by atoms with Crippen molar-refractivity contribution in [2.75, 3.05) is 26.3 Å². The Hall–Kier alpha value is -1.07. The van der Waals surface area contributed by atoms with Gasteiger partial charge in [0.1, 0.15) is 0 Å². The number of benzene rings is 1. The van der Waals surface area contributed by atoms with E-state index in [2.05, 4.69) is 38.7 Å². The molecular formula is C15H21BrN2O2. The van der Waals surface area contributed by atoms with Crippen LogP contribution < -0.4 is 10.6 Å². The highest BCUT2D eigenvalue weighted by molar-refractivity contribution is 9.10. The molecule has 1 heterocycles. The summed E-state index contributed by atoms with van der Waals surface area (Å²) in [6.07, 6.45) is 2.93. The maximum absolute atomic E-state index is 11.7. The maximum atomic E-state index is 11.7. The van der Waals surface area contributed by atoms with Crippen molar-refractivity contribution >= 4 is 22.0 Å². The largest absolute Gasteiger partial charge is 0.381 e. The van der Waals surface area contributed by atoms with Crippen molar-refractivity contribution in [3.63, 3.8) is 0 Å². The SMILES string of the molecule is O=C(NCCc1ccc(Br)cc1)NCC1CCOCC1. The fourth-order valence-electron chi connectivity index (χ4n) is 2.22. The zero-order chi connectivity index (χ0) is 14.2. The first-order chi connectivity index (χ1) is 9.74. The van der Waals surface area contributed by atoms with Gasteiger partial charge in [-0.1, -0.05) is 28.1 Å². The predicted molar refractivity (Wildman–Crippen MR) is 82.8 cm³/mol. The Labute approximate surface area is 128 Å². The number of carbonyl (C=O) groups excluding carboxylic acids is 1. The van der Waals surface area contributed by atoms with Crippen LogP contribution in [-0.2, 0) is 11.2 Å². The quantitative estimate of drug-likeness (QED) is 0.865. The van der Waals surface area contributed by atoms with Crippen LogP contribution in [0, 0.1) is 5.92 Å². The van der Waals surface area contributed by atoms with Crippen molar-refractivity contribution in [2.24, 2.45) is 5.92 Å². The summed E-state index contributed by atoms with van der Waals surface area (Å²) in [5.41, 5.74) is 1.22. The summed E-state index contributed by atoms with van der Waals surface area (Å²) in [5.74, 6) is 0.556. The monoisotopic (exact) mass is 340 g/mol. The van der Waals surface area contributed by atoms with E-state index in [1.54, 1.807) is 0 Å². The minimum Gasteiger partial charge on any atom is -0.381 e. The summed E-state index contributed by atoms with van der Waals surface area (Å²) in [6, 6.07) is 8.08. The average molecular weight is 341 g/mol. The molecule has 2 amide bonds. The number of urea groups is 1. The molecule has 1 aromatic carbocycles. The molecule has 0 bridgehead atoms. The van der Waals surface area contributed by atoms with E-state index in [1.807, 2.05) is 12.1 Å². The lowest BCUT2D eigenvalue weighted by Gasteiger charge is -2.22. The van der Waals surface area contributed by atoms with Gasteiger partial charge in [-0.05, 0) is 42.9 Å². The molecule has 1 aromatic rings. The van der Waals surface area contributed by atoms with Crippen LogP contribution in [0.25, 0.3) is 0 Å². The van der Waals surface area contributed by atoms with E-state index in [1.165, 1.54) is 5.56 Å². The van der Waals surface area contributed by atoms with Crippen molar-refractivity contribution in [1.82, 2.24) is 10.6 Å². The zero-order valence-corrected chi connectivity index (χ0v) is 13.1. The van der Waals surface area contributed by atoms with Crippen LogP contribution in [0.1, 0.15) is 18.4 Å². The summed E-state index contributed by atoms with van der Waals surface area (Å²) in [6.45, 7) is 3.03. The summed E-state index contributed by atoms with van der Waals surface area (Å²) in [5, 5.41) is 5.83. The number of halogens is 1. The summed E-state index contributed by atoms with van der Waals surface area (Å²) < 4.78 is 6.37. The molecule has 0 aromatic heterocycles. The Morgan fingerprint density at radius 2 is 1.90 bits per heavy atom. The lowest BCUT2D eigenvalue weighted by Crippen LogP contribution is -2.40. The van der Waals surface area contributed by atoms with Gasteiger partial charge in [-0.25, -0.2) is 4.79 Å². The molecule has 1 aliphatic rings. The third-order valence-electron chi connectivity index (χ3n) is 3.50. The van der Waals surface area contributed by atoms with Gasteiger partial charge in [0, 0.05) is 30.8 Å². The first kappa shape index (κ1) is 15.3. The molecule has 1 saturated heterocycles. The number of carbonyl (C=O) groups is 1. The van der Waals surface area contributed by atoms with Crippen LogP contribution in [0.2, 0.25) is 0 Å². The van der Waals surface area contributed by atoms with Gasteiger partial charge < -0.3 is 15.4 Å². The minimum absolute atomic E-state index is 0.0754. The van der Waals surface area contributed by atoms with Gasteiger partial charge >= 0.3 is 6.03 Å². The van der Waals surface area contributed by atoms with Crippen molar-refractivity contribution in [3.8, 4) is 0 Å². The normalized spacial score (nSPS) is 15.8. The van der Waals surface area contributed by atoms with E-state index in [9.17, 15) is 4.79 Å². The molecule has 4 nitrogen and oxygen atoms in total. The molecule has 0 spiro atoms. The van der Waals surface area contributed by atoms with Crippen LogP contribution in [0.4, 0.5) is 4.79 Å². The maximum Gasteiger partial charge on any atom is 0.314 e. The van der Waals surface area contributed by atoms with Crippen molar-refractivity contribution in [1.29, 1.82) is 0 Å². The molecule has 2 rings (SSSR count). The number of rotatable bonds is 5. The fourth-order valence-corrected chi connectivity index (χ4v) is 2.49. The summed E-state index contributed by atoms with van der Waals surface area (Å²) in [4.78, 5) is 11.7. The predicted octanol–water partition coefficient (Wildman–Crippen LogP) is 2.72. The molecule has 5 heteroatoms. The van der Waals surface area contributed by atoms with Crippen LogP contribution in [0.3, 0.4) is 0 Å². The Morgan fingerprint density at radius 3 is 2.60 bits per heavy atom. The Morgan fingerprint density at radius 1 is 1.20 bits per heavy atom. The molecule has 20 heavy (non-hydrogen) atoms. The number of amides is 2. The van der Waals surface area contributed by atoms with E-state index in [0.717, 1.165) is 43.5 Å². The molecule has 2 N–H and O–H groups in total. The molecular weight excluding hydrogens is 320 g/mol. The first-order valence-corrected chi connectivity index (χ1v) is 7.87. The highest BCUT2D eigenvalue weighted by Gasteiger charge is 2.14. The van der Waals surface area contributed by atoms with Gasteiger partial charge in [-0.3, -0.25) is 0 Å². The second-order valence-corrected chi connectivity index (χ2v) is 5.98. The Bertz CT molecular complexity index is 416. The van der Waals surface area contributed by atoms with Crippen LogP contribution in [0.15, 0.2) is 28.7 Å². The van der Waals surface area contributed by atoms with Gasteiger partial charge in [-0.15, -0.1) is 0 Å². The number of ether oxygens (including phenoxy) is 1. The molecule has 0 radical (unpaired) electrons. The molecule has 0 unspecified atom stereocenters. The highest BCUT2D eigenvalue weighted by Crippen LogP contribution is 2.13. The van der Waals surface area contributed by atoms with Crippen molar-refractivity contribution < 1.29 is 9.53 Å². The second kappa shape index (κ2) is 8.27. The Kier molecular flexibility index (Phi) is 6.33. The average Bonchev–Trinajstić information content (AvgIpc) is 2.48. The van der Waals surface area contributed by atoms with Crippen LogP contribution >= 0.6 is 15.9 Å². The molecule has 1 fully saturated rings. The van der Waals surface area contributed by atoms with Gasteiger partial charge in [-0.2, -0.15) is 0 Å². The molecule has 0 atom stereocenters. The molecule has 0 saturated carbocycles. The number of nitrogens with one attached hydrogen (secondary N) is 2. The topological polar surface area (TPSA) is 50.4 Å². The number of hydrogen-bond acceptors (Lipinski definition) is 2. The van der Waals surface area contributed by atoms with Crippen molar-refractivity contribution in [2.45, 2.75) is 19.3 Å². The van der Waals surface area contributed by atoms with Crippen LogP contribution in [0.5, 0.6) is 0 Å². The van der Waals surface area contributed by atoms with E-state index >= 15 is 0 Å². The summed E-state index contributed by atoms with van der Waals surface area (Å²) in [7, 11) is 0. The Balaban J connectivity index is 1.58. The minimum atomic E-state index is -0.0754. The van der Waals surface area contributed by atoms with Crippen LogP contribution in [-0.4, -0.2) is 32.3 Å². The smallest absolute Gasteiger partial charge is 0.314 e. The molecule has 1 aliphatic heterocycles. The third-order valence-corrected chi connectivity index (χ3v) is 4.03. The third kappa shape index (κ3) is 5.51. The highest BCUT2D eigenvalue weighted by atomic mass is 79.9. The van der Waals surface area contributed by atoms with E-state index in [-0.39, 0.29) is 6.03 Å². The van der Waals surface area contributed by atoms with Crippen molar-refractivity contribution in [3.05, 3.63) is 34.3 Å². The van der Waals surface area contributed by atoms with E-state index < -0.39 is 0 Å². The number of hydrogen-bond donors (Lipinski definition) is 2. The lowest BCUT2D eigenvalue weighted by molar-refractivity contribution is 0.0669. The molecule has 0 aliphatic carbocycles. The second-order valence-electron chi connectivity index (χ2n) is 5.07. The fraction of sp³-hybridized carbons (Fsp3) is 0.533. The van der Waals surface area contributed by atoms with Gasteiger partial charge in [0.2, 0.25) is 0 Å². The van der Waals surface area contributed by atoms with Gasteiger partial charge in [0.05, 0.1) is 0 Å². The standard InChI is InChI=1S/C15H21BrN2O2/c16-14-3-1-12(2-4-14)5-8-17-15(19)18-11-13-6-9-20-10-7-13/h1-4,13H,5-11H2,(H2,17,18,19). The summed E-state index contributed by atoms with van der Waals surface area (Å²) >= 11 is 3.41. The molecule has 110 valence electrons. The lowest BCUT2D eigenvalue weighted by atomic mass is 10.0. The zero-order valence-electron chi connectivity index (χ0n) is 11.5. The first-order valence-electron chi connectivity index (χ1n) is 7.08. The van der Waals surface area contributed by atoms with Gasteiger partial charge in [0.25, 0.3) is 0 Å². The van der Waals surface area contributed by atoms with E-state index in [4.69, 9.17) is 4.74 Å². The van der Waals surface area contributed by atoms with Gasteiger partial charge in [0.15, 0.2) is 0 Å².